The molecule has 1 atom stereocenters. The number of carbonyl (C=O) groups is 3. The molecule has 0 spiro atoms. The van der Waals surface area contributed by atoms with Crippen LogP contribution in [0.4, 0.5) is 0 Å². The number of hydrogen-bond acceptors (Lipinski definition) is 4. The highest BCUT2D eigenvalue weighted by atomic mass is 32.2. The summed E-state index contributed by atoms with van der Waals surface area (Å²) < 4.78 is 0. The van der Waals surface area contributed by atoms with E-state index in [9.17, 15) is 14.4 Å². The smallest absolute Gasteiger partial charge is 0.240 e. The van der Waals surface area contributed by atoms with Crippen molar-refractivity contribution < 1.29 is 14.4 Å². The van der Waals surface area contributed by atoms with Crippen molar-refractivity contribution in [1.29, 1.82) is 0 Å². The van der Waals surface area contributed by atoms with Crippen molar-refractivity contribution in [3.8, 4) is 0 Å². The maximum absolute atomic E-state index is 10.9. The molecule has 1 heterocycles. The molecule has 1 aliphatic heterocycles. The molecule has 0 bridgehead atoms. The topological polar surface area (TPSA) is 63.2 Å². The average molecular weight is 187 g/mol. The van der Waals surface area contributed by atoms with Gasteiger partial charge in [-0.3, -0.25) is 14.9 Å². The fraction of sp³-hybridized carbons (Fsp3) is 0.571. The number of imide groups is 1. The maximum atomic E-state index is 10.9. The minimum absolute atomic E-state index is 0.219. The van der Waals surface area contributed by atoms with Crippen LogP contribution < -0.4 is 5.32 Å². The van der Waals surface area contributed by atoms with E-state index in [0.29, 0.717) is 12.2 Å². The summed E-state index contributed by atoms with van der Waals surface area (Å²) in [5, 5.41) is 1.93. The first-order chi connectivity index (χ1) is 5.74. The molecule has 66 valence electrons. The Balaban J connectivity index is 2.28. The molecule has 0 saturated carbocycles. The number of carbonyl (C=O) groups excluding carboxylic acids is 3. The van der Waals surface area contributed by atoms with Crippen LogP contribution in [0.2, 0.25) is 0 Å². The standard InChI is InChI=1S/C7H9NO3S/c9-2-1-3-12-5-4-6(10)8-7(5)11/h2,5H,1,3-4H2,(H,8,10,11). The number of rotatable bonds is 4. The average Bonchev–Trinajstić information content (AvgIpc) is 2.31. The molecule has 0 radical (unpaired) electrons. The molecule has 4 nitrogen and oxygen atoms in total. The lowest BCUT2D eigenvalue weighted by atomic mass is 10.4. The second-order valence-electron chi connectivity index (χ2n) is 2.43. The molecular formula is C7H9NO3S. The third-order valence-corrected chi connectivity index (χ3v) is 2.74. The highest BCUT2D eigenvalue weighted by Gasteiger charge is 2.30. The van der Waals surface area contributed by atoms with Crippen LogP contribution in [0.5, 0.6) is 0 Å². The number of aldehydes is 1. The van der Waals surface area contributed by atoms with Gasteiger partial charge in [-0.15, -0.1) is 11.8 Å². The zero-order valence-corrected chi connectivity index (χ0v) is 7.23. The first-order valence-electron chi connectivity index (χ1n) is 3.63. The fourth-order valence-corrected chi connectivity index (χ4v) is 1.92. The lowest BCUT2D eigenvalue weighted by molar-refractivity contribution is -0.124. The van der Waals surface area contributed by atoms with Crippen molar-refractivity contribution in [3.63, 3.8) is 0 Å². The third kappa shape index (κ3) is 2.34. The number of amides is 2. The van der Waals surface area contributed by atoms with Crippen LogP contribution in [-0.4, -0.2) is 29.1 Å². The molecule has 0 aromatic heterocycles. The van der Waals surface area contributed by atoms with Crippen LogP contribution >= 0.6 is 11.8 Å². The molecule has 1 unspecified atom stereocenters. The van der Waals surface area contributed by atoms with E-state index in [1.165, 1.54) is 11.8 Å². The number of thioether (sulfide) groups is 1. The Labute approximate surface area is 74.1 Å². The Morgan fingerprint density at radius 1 is 1.58 bits per heavy atom. The van der Waals surface area contributed by atoms with Gasteiger partial charge < -0.3 is 4.79 Å². The van der Waals surface area contributed by atoms with E-state index in [4.69, 9.17) is 0 Å². The van der Waals surface area contributed by atoms with Gasteiger partial charge in [0.15, 0.2) is 0 Å². The Hall–Kier alpha value is -0.840. The van der Waals surface area contributed by atoms with Gasteiger partial charge >= 0.3 is 0 Å². The van der Waals surface area contributed by atoms with Crippen molar-refractivity contribution in [1.82, 2.24) is 5.32 Å². The Morgan fingerprint density at radius 3 is 2.83 bits per heavy atom. The van der Waals surface area contributed by atoms with Gasteiger partial charge in [-0.2, -0.15) is 0 Å². The van der Waals surface area contributed by atoms with Crippen molar-refractivity contribution in [2.45, 2.75) is 18.1 Å². The van der Waals surface area contributed by atoms with E-state index in [0.717, 1.165) is 6.29 Å². The summed E-state index contributed by atoms with van der Waals surface area (Å²) in [6.07, 6.45) is 1.49. The second-order valence-corrected chi connectivity index (χ2v) is 3.74. The first kappa shape index (κ1) is 9.25. The molecule has 1 aliphatic rings. The molecule has 12 heavy (non-hydrogen) atoms. The fourth-order valence-electron chi connectivity index (χ4n) is 0.923. The van der Waals surface area contributed by atoms with E-state index < -0.39 is 0 Å². The van der Waals surface area contributed by atoms with Crippen molar-refractivity contribution in [3.05, 3.63) is 0 Å². The highest BCUT2D eigenvalue weighted by Crippen LogP contribution is 2.19. The van der Waals surface area contributed by atoms with Gasteiger partial charge in [-0.25, -0.2) is 0 Å². The number of hydrogen-bond donors (Lipinski definition) is 1. The first-order valence-corrected chi connectivity index (χ1v) is 4.68. The Morgan fingerprint density at radius 2 is 2.33 bits per heavy atom. The minimum Gasteiger partial charge on any atom is -0.303 e. The normalized spacial score (nSPS) is 22.5. The van der Waals surface area contributed by atoms with Gasteiger partial charge in [-0.05, 0) is 0 Å². The molecule has 0 aliphatic carbocycles. The van der Waals surface area contributed by atoms with E-state index in [-0.39, 0.29) is 23.5 Å². The molecule has 5 heteroatoms. The molecule has 0 aromatic carbocycles. The summed E-state index contributed by atoms with van der Waals surface area (Å²) in [4.78, 5) is 31.6. The monoisotopic (exact) mass is 187 g/mol. The predicted molar refractivity (Wildman–Crippen MR) is 44.7 cm³/mol. The van der Waals surface area contributed by atoms with E-state index in [1.54, 1.807) is 0 Å². The van der Waals surface area contributed by atoms with Gasteiger partial charge in [0.05, 0.1) is 5.25 Å². The summed E-state index contributed by atoms with van der Waals surface area (Å²) in [5.74, 6) is 0.161. The second kappa shape index (κ2) is 4.25. The Bertz CT molecular complexity index is 217. The largest absolute Gasteiger partial charge is 0.303 e. The molecule has 1 rings (SSSR count). The molecular weight excluding hydrogens is 178 g/mol. The zero-order valence-electron chi connectivity index (χ0n) is 6.41. The minimum atomic E-state index is -0.280. The van der Waals surface area contributed by atoms with Gasteiger partial charge in [0.25, 0.3) is 0 Å². The van der Waals surface area contributed by atoms with Crippen LogP contribution in [-0.2, 0) is 14.4 Å². The lowest BCUT2D eigenvalue weighted by Gasteiger charge is -2.01. The zero-order chi connectivity index (χ0) is 8.97. The summed E-state index contributed by atoms with van der Waals surface area (Å²) in [6, 6.07) is 0. The van der Waals surface area contributed by atoms with Gasteiger partial charge in [0, 0.05) is 18.6 Å². The molecule has 0 aromatic rings. The van der Waals surface area contributed by atoms with Crippen LogP contribution in [0.3, 0.4) is 0 Å². The highest BCUT2D eigenvalue weighted by molar-refractivity contribution is 8.00. The van der Waals surface area contributed by atoms with Crippen molar-refractivity contribution in [2.75, 3.05) is 5.75 Å². The molecule has 1 saturated heterocycles. The van der Waals surface area contributed by atoms with Crippen LogP contribution in [0.1, 0.15) is 12.8 Å². The predicted octanol–water partition coefficient (Wildman–Crippen LogP) is -0.276. The molecule has 2 amide bonds. The molecule has 1 N–H and O–H groups in total. The van der Waals surface area contributed by atoms with E-state index in [2.05, 4.69) is 5.32 Å². The van der Waals surface area contributed by atoms with Gasteiger partial charge in [0.2, 0.25) is 11.8 Å². The van der Waals surface area contributed by atoms with Crippen molar-refractivity contribution in [2.24, 2.45) is 0 Å². The Kier molecular flexibility index (Phi) is 3.28. The van der Waals surface area contributed by atoms with Gasteiger partial charge in [-0.1, -0.05) is 0 Å². The van der Waals surface area contributed by atoms with Crippen LogP contribution in [0.15, 0.2) is 0 Å². The van der Waals surface area contributed by atoms with Crippen molar-refractivity contribution >= 4 is 29.9 Å². The summed E-state index contributed by atoms with van der Waals surface area (Å²) in [7, 11) is 0. The SMILES string of the molecule is O=CCCSC1CC(=O)NC1=O. The third-order valence-electron chi connectivity index (χ3n) is 1.48. The summed E-state index contributed by atoms with van der Waals surface area (Å²) in [5.41, 5.74) is 0. The summed E-state index contributed by atoms with van der Waals surface area (Å²) in [6.45, 7) is 0. The molecule has 1 fully saturated rings. The quantitative estimate of drug-likeness (QED) is 0.373. The number of nitrogens with one attached hydrogen (secondary N) is 1. The van der Waals surface area contributed by atoms with Crippen LogP contribution in [0, 0.1) is 0 Å². The summed E-state index contributed by atoms with van der Waals surface area (Å²) >= 11 is 1.36. The van der Waals surface area contributed by atoms with E-state index in [1.807, 2.05) is 0 Å². The maximum Gasteiger partial charge on any atom is 0.240 e. The van der Waals surface area contributed by atoms with Crippen LogP contribution in [0.25, 0.3) is 0 Å². The van der Waals surface area contributed by atoms with Gasteiger partial charge in [0.1, 0.15) is 6.29 Å². The van der Waals surface area contributed by atoms with E-state index >= 15 is 0 Å². The lowest BCUT2D eigenvalue weighted by Crippen LogP contribution is -2.23.